The van der Waals surface area contributed by atoms with Crippen molar-refractivity contribution in [1.82, 2.24) is 5.32 Å². The molecule has 1 amide bonds. The predicted molar refractivity (Wildman–Crippen MR) is 149 cm³/mol. The molecule has 0 aromatic heterocycles. The summed E-state index contributed by atoms with van der Waals surface area (Å²) in [5, 5.41) is 3.16. The van der Waals surface area contributed by atoms with Gasteiger partial charge in [0.15, 0.2) is 0 Å². The van der Waals surface area contributed by atoms with Crippen molar-refractivity contribution in [2.75, 3.05) is 0 Å². The Balaban J connectivity index is 1.57. The lowest BCUT2D eigenvalue weighted by Crippen LogP contribution is -2.48. The summed E-state index contributed by atoms with van der Waals surface area (Å²) in [6.45, 7) is 1.58. The Morgan fingerprint density at radius 3 is 2.28 bits per heavy atom. The first-order valence-electron chi connectivity index (χ1n) is 13.1. The number of fused-ring (bicyclic) bond motifs is 4. The molecule has 0 saturated heterocycles. The summed E-state index contributed by atoms with van der Waals surface area (Å²) in [6.07, 6.45) is 1.08. The summed E-state index contributed by atoms with van der Waals surface area (Å²) in [4.78, 5) is 26.6. The SMILES string of the molecule is CC1(N)Cc2ccc(F)c(c2)CCC(c2ccccc2)NC(=O)c2cc(cc(-c3ccccc3)c2)COC1=O. The maximum absolute atomic E-state index is 14.8. The third kappa shape index (κ3) is 6.24. The summed E-state index contributed by atoms with van der Waals surface area (Å²) in [5.41, 5.74) is 10.2. The van der Waals surface area contributed by atoms with Crippen molar-refractivity contribution in [2.45, 2.75) is 44.4 Å². The standard InChI is InChI=1S/C33H31FN2O3/c1-33(35)20-22-12-14-29(34)26(16-22)13-15-30(25-10-6-3-7-11-25)36-31(37)28-18-23(21-39-32(33)38)17-27(19-28)24-8-4-2-5-9-24/h2-12,14,16-19,30H,13,15,20-21,35H2,1H3,(H,36,37). The molecule has 1 heterocycles. The fourth-order valence-electron chi connectivity index (χ4n) is 4.99. The van der Waals surface area contributed by atoms with Crippen molar-refractivity contribution >= 4 is 11.9 Å². The van der Waals surface area contributed by atoms with E-state index in [0.29, 0.717) is 29.5 Å². The molecule has 2 atom stereocenters. The second-order valence-corrected chi connectivity index (χ2v) is 10.4. The van der Waals surface area contributed by atoms with Crippen molar-refractivity contribution in [3.05, 3.63) is 131 Å². The summed E-state index contributed by atoms with van der Waals surface area (Å²) in [5.74, 6) is -1.17. The van der Waals surface area contributed by atoms with E-state index in [9.17, 15) is 14.0 Å². The van der Waals surface area contributed by atoms with Crippen LogP contribution in [0.15, 0.2) is 97.1 Å². The molecule has 0 saturated carbocycles. The largest absolute Gasteiger partial charge is 0.459 e. The molecule has 6 heteroatoms. The number of esters is 1. The number of carbonyl (C=O) groups is 2. The normalized spacial score (nSPS) is 20.1. The van der Waals surface area contributed by atoms with Crippen molar-refractivity contribution in [2.24, 2.45) is 5.73 Å². The Kier molecular flexibility index (Phi) is 7.57. The van der Waals surface area contributed by atoms with Gasteiger partial charge in [-0.05, 0) is 77.4 Å². The Hall–Kier alpha value is -4.29. The third-order valence-corrected chi connectivity index (χ3v) is 7.09. The first kappa shape index (κ1) is 26.3. The van der Waals surface area contributed by atoms with Crippen LogP contribution in [0.1, 0.15) is 52.0 Å². The van der Waals surface area contributed by atoms with E-state index in [4.69, 9.17) is 10.5 Å². The number of aryl methyl sites for hydroxylation is 1. The molecule has 5 rings (SSSR count). The van der Waals surface area contributed by atoms with E-state index in [1.807, 2.05) is 72.8 Å². The lowest BCUT2D eigenvalue weighted by atomic mass is 9.91. The number of hydrogen-bond donors (Lipinski definition) is 2. The molecule has 198 valence electrons. The first-order chi connectivity index (χ1) is 18.8. The van der Waals surface area contributed by atoms with Gasteiger partial charge in [-0.25, -0.2) is 4.39 Å². The predicted octanol–water partition coefficient (Wildman–Crippen LogP) is 5.91. The van der Waals surface area contributed by atoms with Crippen LogP contribution in [-0.4, -0.2) is 17.4 Å². The second kappa shape index (κ2) is 11.2. The quantitative estimate of drug-likeness (QED) is 0.321. The van der Waals surface area contributed by atoms with Gasteiger partial charge in [0.1, 0.15) is 18.0 Å². The second-order valence-electron chi connectivity index (χ2n) is 10.4. The van der Waals surface area contributed by atoms with Gasteiger partial charge in [0.2, 0.25) is 0 Å². The molecule has 4 aromatic rings. The Labute approximate surface area is 227 Å². The van der Waals surface area contributed by atoms with E-state index in [1.54, 1.807) is 25.1 Å². The number of cyclic esters (lactones) is 1. The van der Waals surface area contributed by atoms with Gasteiger partial charge in [-0.3, -0.25) is 9.59 Å². The molecule has 2 unspecified atom stereocenters. The molecule has 4 bridgehead atoms. The van der Waals surface area contributed by atoms with Crippen LogP contribution < -0.4 is 11.1 Å². The van der Waals surface area contributed by atoms with Gasteiger partial charge in [0, 0.05) is 12.0 Å². The van der Waals surface area contributed by atoms with Gasteiger partial charge in [0.25, 0.3) is 5.91 Å². The molecule has 1 aliphatic rings. The van der Waals surface area contributed by atoms with Gasteiger partial charge in [-0.1, -0.05) is 72.8 Å². The van der Waals surface area contributed by atoms with Crippen molar-refractivity contribution < 1.29 is 18.7 Å². The van der Waals surface area contributed by atoms with E-state index in [0.717, 1.165) is 22.3 Å². The zero-order valence-corrected chi connectivity index (χ0v) is 21.8. The fraction of sp³-hybridized carbons (Fsp3) is 0.212. The lowest BCUT2D eigenvalue weighted by molar-refractivity contribution is -0.150. The number of carbonyl (C=O) groups excluding carboxylic acids is 2. The maximum atomic E-state index is 14.8. The number of amides is 1. The van der Waals surface area contributed by atoms with Crippen molar-refractivity contribution in [3.8, 4) is 11.1 Å². The van der Waals surface area contributed by atoms with Crippen molar-refractivity contribution in [3.63, 3.8) is 0 Å². The molecule has 1 aliphatic heterocycles. The van der Waals surface area contributed by atoms with Crippen LogP contribution >= 0.6 is 0 Å². The number of hydrogen-bond acceptors (Lipinski definition) is 4. The number of rotatable bonds is 2. The molecular formula is C33H31FN2O3. The van der Waals surface area contributed by atoms with E-state index in [-0.39, 0.29) is 30.8 Å². The Morgan fingerprint density at radius 2 is 1.54 bits per heavy atom. The number of ether oxygens (including phenoxy) is 1. The average Bonchev–Trinajstić information content (AvgIpc) is 2.95. The summed E-state index contributed by atoms with van der Waals surface area (Å²) >= 11 is 0. The highest BCUT2D eigenvalue weighted by Crippen LogP contribution is 2.27. The lowest BCUT2D eigenvalue weighted by Gasteiger charge is -2.24. The van der Waals surface area contributed by atoms with Crippen LogP contribution in [0.4, 0.5) is 4.39 Å². The zero-order valence-electron chi connectivity index (χ0n) is 21.8. The molecule has 0 radical (unpaired) electrons. The zero-order chi connectivity index (χ0) is 27.4. The Morgan fingerprint density at radius 1 is 0.846 bits per heavy atom. The van der Waals surface area contributed by atoms with Crippen LogP contribution in [-0.2, 0) is 29.0 Å². The summed E-state index contributed by atoms with van der Waals surface area (Å²) < 4.78 is 20.5. The van der Waals surface area contributed by atoms with Gasteiger partial charge in [-0.2, -0.15) is 0 Å². The number of nitrogens with two attached hydrogens (primary N) is 1. The summed E-state index contributed by atoms with van der Waals surface area (Å²) in [7, 11) is 0. The maximum Gasteiger partial charge on any atom is 0.326 e. The average molecular weight is 523 g/mol. The molecule has 5 nitrogen and oxygen atoms in total. The van der Waals surface area contributed by atoms with Crippen molar-refractivity contribution in [1.29, 1.82) is 0 Å². The van der Waals surface area contributed by atoms with Crippen LogP contribution in [0.2, 0.25) is 0 Å². The highest BCUT2D eigenvalue weighted by molar-refractivity contribution is 5.96. The molecular weight excluding hydrogens is 491 g/mol. The van der Waals surface area contributed by atoms with E-state index in [1.165, 1.54) is 6.07 Å². The van der Waals surface area contributed by atoms with Gasteiger partial charge in [-0.15, -0.1) is 0 Å². The third-order valence-electron chi connectivity index (χ3n) is 7.09. The van der Waals surface area contributed by atoms with Crippen LogP contribution in [0, 0.1) is 5.82 Å². The number of benzene rings is 4. The smallest absolute Gasteiger partial charge is 0.326 e. The number of halogens is 1. The minimum absolute atomic E-state index is 0.0383. The molecule has 4 aromatic carbocycles. The van der Waals surface area contributed by atoms with Crippen LogP contribution in [0.25, 0.3) is 11.1 Å². The minimum atomic E-state index is -1.31. The van der Waals surface area contributed by atoms with Gasteiger partial charge in [0.05, 0.1) is 6.04 Å². The van der Waals surface area contributed by atoms with Crippen LogP contribution in [0.3, 0.4) is 0 Å². The summed E-state index contributed by atoms with van der Waals surface area (Å²) in [6, 6.07) is 29.3. The van der Waals surface area contributed by atoms with Gasteiger partial charge >= 0.3 is 5.97 Å². The molecule has 3 N–H and O–H groups in total. The fourth-order valence-corrected chi connectivity index (χ4v) is 4.99. The van der Waals surface area contributed by atoms with Gasteiger partial charge < -0.3 is 15.8 Å². The van der Waals surface area contributed by atoms with E-state index in [2.05, 4.69) is 5.32 Å². The van der Waals surface area contributed by atoms with Crippen LogP contribution in [0.5, 0.6) is 0 Å². The highest BCUT2D eigenvalue weighted by atomic mass is 19.1. The Bertz CT molecular complexity index is 1490. The monoisotopic (exact) mass is 522 g/mol. The first-order valence-corrected chi connectivity index (χ1v) is 13.1. The highest BCUT2D eigenvalue weighted by Gasteiger charge is 2.31. The number of nitrogens with one attached hydrogen (secondary N) is 1. The minimum Gasteiger partial charge on any atom is -0.459 e. The van der Waals surface area contributed by atoms with E-state index >= 15 is 0 Å². The molecule has 0 fully saturated rings. The molecule has 39 heavy (non-hydrogen) atoms. The van der Waals surface area contributed by atoms with E-state index < -0.39 is 11.5 Å². The topological polar surface area (TPSA) is 81.4 Å². The molecule has 0 spiro atoms. The molecule has 0 aliphatic carbocycles.